The minimum Gasteiger partial charge on any atom is -0.497 e. The zero-order chi connectivity index (χ0) is 13.8. The summed E-state index contributed by atoms with van der Waals surface area (Å²) in [4.78, 5) is 8.84. The Bertz CT molecular complexity index is 639. The lowest BCUT2D eigenvalue weighted by atomic mass is 10.2. The second-order valence-electron chi connectivity index (χ2n) is 4.41. The third-order valence-corrected chi connectivity index (χ3v) is 3.07. The Hall–Kier alpha value is -2.56. The van der Waals surface area contributed by atoms with Crippen molar-refractivity contribution < 1.29 is 4.74 Å². The summed E-state index contributed by atoms with van der Waals surface area (Å²) in [6, 6.07) is 11.7. The van der Waals surface area contributed by atoms with Crippen molar-refractivity contribution in [3.05, 3.63) is 48.2 Å². The fourth-order valence-electron chi connectivity index (χ4n) is 2.11. The van der Waals surface area contributed by atoms with Gasteiger partial charge in [-0.05, 0) is 24.3 Å². The van der Waals surface area contributed by atoms with Crippen molar-refractivity contribution in [2.45, 2.75) is 0 Å². The van der Waals surface area contributed by atoms with Crippen molar-refractivity contribution in [1.82, 2.24) is 10.3 Å². The first-order valence-electron chi connectivity index (χ1n) is 6.51. The van der Waals surface area contributed by atoms with E-state index in [1.165, 1.54) is 0 Å². The Morgan fingerprint density at radius 1 is 1.25 bits per heavy atom. The Balaban J connectivity index is 1.90. The predicted molar refractivity (Wildman–Crippen MR) is 79.9 cm³/mol. The lowest BCUT2D eigenvalue weighted by Gasteiger charge is -2.11. The molecule has 1 aromatic heterocycles. The van der Waals surface area contributed by atoms with E-state index < -0.39 is 0 Å². The summed E-state index contributed by atoms with van der Waals surface area (Å²) in [6.07, 6.45) is 1.77. The first-order valence-corrected chi connectivity index (χ1v) is 6.51. The van der Waals surface area contributed by atoms with E-state index in [4.69, 9.17) is 4.74 Å². The Kier molecular flexibility index (Phi) is 3.50. The van der Waals surface area contributed by atoms with E-state index in [2.05, 4.69) is 20.6 Å². The molecule has 0 fully saturated rings. The van der Waals surface area contributed by atoms with Gasteiger partial charge in [0.2, 0.25) is 0 Å². The normalized spacial score (nSPS) is 13.6. The first kappa shape index (κ1) is 12.5. The molecule has 1 aliphatic rings. The van der Waals surface area contributed by atoms with Crippen LogP contribution >= 0.6 is 0 Å². The maximum absolute atomic E-state index is 5.23. The highest BCUT2D eigenvalue weighted by atomic mass is 16.5. The number of pyridine rings is 1. The second-order valence-corrected chi connectivity index (χ2v) is 4.41. The third-order valence-electron chi connectivity index (χ3n) is 3.07. The molecule has 1 aliphatic heterocycles. The van der Waals surface area contributed by atoms with Gasteiger partial charge in [-0.1, -0.05) is 6.07 Å². The molecule has 0 saturated heterocycles. The molecule has 2 N–H and O–H groups in total. The zero-order valence-electron chi connectivity index (χ0n) is 11.3. The number of rotatable bonds is 4. The van der Waals surface area contributed by atoms with Crippen LogP contribution in [0.4, 0.5) is 11.5 Å². The minimum atomic E-state index is 0.786. The lowest BCUT2D eigenvalue weighted by Crippen LogP contribution is -2.20. The van der Waals surface area contributed by atoms with Crippen LogP contribution in [0, 0.1) is 0 Å². The summed E-state index contributed by atoms with van der Waals surface area (Å²) in [5.41, 5.74) is 1.91. The van der Waals surface area contributed by atoms with E-state index in [0.29, 0.717) is 0 Å². The summed E-state index contributed by atoms with van der Waals surface area (Å²) in [5.74, 6) is 2.49. The molecule has 2 heterocycles. The lowest BCUT2D eigenvalue weighted by molar-refractivity contribution is 0.415. The average Bonchev–Trinajstić information content (AvgIpc) is 3.02. The van der Waals surface area contributed by atoms with Crippen LogP contribution in [-0.2, 0) is 0 Å². The van der Waals surface area contributed by atoms with E-state index in [0.717, 1.165) is 41.7 Å². The number of nitrogens with zero attached hydrogens (tertiary/aromatic N) is 2. The molecular weight excluding hydrogens is 252 g/mol. The number of aromatic nitrogens is 1. The predicted octanol–water partition coefficient (Wildman–Crippen LogP) is 2.18. The number of anilines is 2. The molecule has 20 heavy (non-hydrogen) atoms. The topological polar surface area (TPSA) is 58.5 Å². The number of ether oxygens (including phenoxy) is 1. The van der Waals surface area contributed by atoms with E-state index in [1.54, 1.807) is 13.3 Å². The molecule has 0 unspecified atom stereocenters. The Labute approximate surface area is 117 Å². The summed E-state index contributed by atoms with van der Waals surface area (Å²) in [7, 11) is 1.66. The molecule has 1 aromatic carbocycles. The number of aliphatic imine (C=N–C) groups is 1. The quantitative estimate of drug-likeness (QED) is 0.892. The number of benzene rings is 1. The number of methoxy groups -OCH3 is 1. The highest BCUT2D eigenvalue weighted by Crippen LogP contribution is 2.22. The van der Waals surface area contributed by atoms with Crippen molar-refractivity contribution in [2.75, 3.05) is 25.5 Å². The van der Waals surface area contributed by atoms with Gasteiger partial charge in [0.1, 0.15) is 17.4 Å². The SMILES string of the molecule is COc1cccc(Nc2ncccc2C2=NCCN2)c1. The summed E-state index contributed by atoms with van der Waals surface area (Å²) in [6.45, 7) is 1.69. The molecule has 0 saturated carbocycles. The van der Waals surface area contributed by atoms with Crippen molar-refractivity contribution >= 4 is 17.3 Å². The number of nitrogens with one attached hydrogen (secondary N) is 2. The fraction of sp³-hybridized carbons (Fsp3) is 0.200. The van der Waals surface area contributed by atoms with Crippen LogP contribution in [0.25, 0.3) is 0 Å². The van der Waals surface area contributed by atoms with Gasteiger partial charge >= 0.3 is 0 Å². The van der Waals surface area contributed by atoms with Gasteiger partial charge in [-0.15, -0.1) is 0 Å². The molecule has 0 amide bonds. The standard InChI is InChI=1S/C15H16N4O/c1-20-12-5-2-4-11(10-12)19-15-13(6-3-7-16-15)14-17-8-9-18-14/h2-7,10H,8-9H2,1H3,(H,16,19)(H,17,18). The molecule has 0 atom stereocenters. The number of amidine groups is 1. The average molecular weight is 268 g/mol. The van der Waals surface area contributed by atoms with Gasteiger partial charge in [-0.3, -0.25) is 4.99 Å². The van der Waals surface area contributed by atoms with E-state index in [9.17, 15) is 0 Å². The Morgan fingerprint density at radius 3 is 3.00 bits per heavy atom. The van der Waals surface area contributed by atoms with Gasteiger partial charge in [0.25, 0.3) is 0 Å². The van der Waals surface area contributed by atoms with E-state index in [-0.39, 0.29) is 0 Å². The van der Waals surface area contributed by atoms with Crippen molar-refractivity contribution in [1.29, 1.82) is 0 Å². The molecular formula is C15H16N4O. The van der Waals surface area contributed by atoms with Crippen LogP contribution in [0.2, 0.25) is 0 Å². The smallest absolute Gasteiger partial charge is 0.141 e. The molecule has 0 aliphatic carbocycles. The van der Waals surface area contributed by atoms with E-state index in [1.807, 2.05) is 36.4 Å². The molecule has 0 spiro atoms. The Morgan fingerprint density at radius 2 is 2.20 bits per heavy atom. The van der Waals surface area contributed by atoms with Gasteiger partial charge in [0.05, 0.1) is 19.2 Å². The van der Waals surface area contributed by atoms with Gasteiger partial charge in [0, 0.05) is 24.5 Å². The summed E-state index contributed by atoms with van der Waals surface area (Å²) >= 11 is 0. The summed E-state index contributed by atoms with van der Waals surface area (Å²) < 4.78 is 5.23. The highest BCUT2D eigenvalue weighted by Gasteiger charge is 2.13. The van der Waals surface area contributed by atoms with Crippen LogP contribution in [0.1, 0.15) is 5.56 Å². The molecule has 2 aromatic rings. The maximum Gasteiger partial charge on any atom is 0.141 e. The third kappa shape index (κ3) is 2.56. The first-order chi connectivity index (χ1) is 9.86. The molecule has 3 rings (SSSR count). The maximum atomic E-state index is 5.23. The van der Waals surface area contributed by atoms with Crippen molar-refractivity contribution in [3.63, 3.8) is 0 Å². The van der Waals surface area contributed by atoms with Crippen LogP contribution in [0.3, 0.4) is 0 Å². The fourth-order valence-corrected chi connectivity index (χ4v) is 2.11. The molecule has 5 nitrogen and oxygen atoms in total. The molecule has 102 valence electrons. The monoisotopic (exact) mass is 268 g/mol. The van der Waals surface area contributed by atoms with Crippen LogP contribution in [-0.4, -0.2) is 31.0 Å². The van der Waals surface area contributed by atoms with Crippen molar-refractivity contribution in [3.8, 4) is 5.75 Å². The van der Waals surface area contributed by atoms with Crippen LogP contribution in [0.15, 0.2) is 47.6 Å². The minimum absolute atomic E-state index is 0.786. The molecule has 0 bridgehead atoms. The van der Waals surface area contributed by atoms with E-state index >= 15 is 0 Å². The number of hydrogen-bond donors (Lipinski definition) is 2. The summed E-state index contributed by atoms with van der Waals surface area (Å²) in [5, 5.41) is 6.58. The van der Waals surface area contributed by atoms with Crippen LogP contribution < -0.4 is 15.4 Å². The highest BCUT2D eigenvalue weighted by molar-refractivity contribution is 6.04. The van der Waals surface area contributed by atoms with Gasteiger partial charge in [-0.25, -0.2) is 4.98 Å². The van der Waals surface area contributed by atoms with Gasteiger partial charge in [0.15, 0.2) is 0 Å². The van der Waals surface area contributed by atoms with Gasteiger partial charge < -0.3 is 15.4 Å². The molecule has 5 heteroatoms. The second kappa shape index (κ2) is 5.61. The zero-order valence-corrected chi connectivity index (χ0v) is 11.3. The number of hydrogen-bond acceptors (Lipinski definition) is 5. The van der Waals surface area contributed by atoms with Crippen LogP contribution in [0.5, 0.6) is 5.75 Å². The largest absolute Gasteiger partial charge is 0.497 e. The van der Waals surface area contributed by atoms with Crippen molar-refractivity contribution in [2.24, 2.45) is 4.99 Å². The molecule has 0 radical (unpaired) electrons. The van der Waals surface area contributed by atoms with Gasteiger partial charge in [-0.2, -0.15) is 0 Å².